The summed E-state index contributed by atoms with van der Waals surface area (Å²) in [5, 5.41) is 12.7. The van der Waals surface area contributed by atoms with Crippen molar-refractivity contribution in [3.63, 3.8) is 0 Å². The van der Waals surface area contributed by atoms with Gasteiger partial charge < -0.3 is 19.6 Å². The van der Waals surface area contributed by atoms with Crippen molar-refractivity contribution >= 4 is 20.5 Å². The molecule has 0 aliphatic heterocycles. The number of carbonyl (C=O) groups excluding carboxylic acids is 1. The van der Waals surface area contributed by atoms with Gasteiger partial charge in [-0.25, -0.2) is 20.0 Å². The van der Waals surface area contributed by atoms with Crippen LogP contribution in [-0.2, 0) is 9.16 Å². The molecule has 3 N–H and O–H groups in total. The van der Waals surface area contributed by atoms with Gasteiger partial charge in [-0.2, -0.15) is 0 Å². The molecule has 0 aromatic carbocycles. The van der Waals surface area contributed by atoms with Crippen LogP contribution in [0.25, 0.3) is 0 Å². The predicted octanol–water partition coefficient (Wildman–Crippen LogP) is 3.41. The van der Waals surface area contributed by atoms with Crippen LogP contribution in [0.2, 0.25) is 18.1 Å². The Balaban J connectivity index is 4.76. The number of nitrogens with one attached hydrogen (secondary N) is 2. The fourth-order valence-electron chi connectivity index (χ4n) is 2.49. The fraction of sp³-hybridized carbons (Fsp3) is 0.882. The molecule has 0 aromatic rings. The molecule has 0 spiro atoms. The van der Waals surface area contributed by atoms with E-state index in [-0.39, 0.29) is 12.6 Å². The van der Waals surface area contributed by atoms with Gasteiger partial charge >= 0.3 is 12.2 Å². The van der Waals surface area contributed by atoms with Crippen LogP contribution in [0.15, 0.2) is 0 Å². The van der Waals surface area contributed by atoms with Crippen molar-refractivity contribution in [2.45, 2.75) is 77.7 Å². The van der Waals surface area contributed by atoms with Gasteiger partial charge in [0.2, 0.25) is 0 Å². The molecule has 0 saturated carbocycles. The molecule has 0 fully saturated rings. The normalized spacial score (nSPS) is 13.2. The number of amides is 2. The van der Waals surface area contributed by atoms with Crippen molar-refractivity contribution in [2.24, 2.45) is 0 Å². The highest BCUT2D eigenvalue weighted by Gasteiger charge is 2.29. The lowest BCUT2D eigenvalue weighted by Gasteiger charge is -2.30. The first-order valence-corrected chi connectivity index (χ1v) is 11.8. The van der Waals surface area contributed by atoms with E-state index >= 15 is 0 Å². The van der Waals surface area contributed by atoms with E-state index in [1.54, 1.807) is 20.8 Å². The van der Waals surface area contributed by atoms with Crippen molar-refractivity contribution in [3.8, 4) is 0 Å². The number of alkyl carbamates (subject to hydrolysis) is 1. The zero-order valence-electron chi connectivity index (χ0n) is 17.3. The molecule has 0 aliphatic carbocycles. The largest absolute Gasteiger partial charge is 0.464 e. The van der Waals surface area contributed by atoms with Crippen LogP contribution >= 0.6 is 0 Å². The maximum absolute atomic E-state index is 12.1. The van der Waals surface area contributed by atoms with E-state index in [0.717, 1.165) is 23.1 Å². The Kier molecular flexibility index (Phi) is 10.8. The summed E-state index contributed by atoms with van der Waals surface area (Å²) in [7, 11) is -0.285. The molecule has 0 rings (SSSR count). The first-order valence-electron chi connectivity index (χ1n) is 9.32. The van der Waals surface area contributed by atoms with Gasteiger partial charge in [0.1, 0.15) is 5.60 Å². The first kappa shape index (κ1) is 24.7. The summed E-state index contributed by atoms with van der Waals surface area (Å²) in [6.45, 7) is 12.7. The van der Waals surface area contributed by atoms with Crippen molar-refractivity contribution in [1.29, 1.82) is 0 Å². The molecule has 0 heterocycles. The lowest BCUT2D eigenvalue weighted by atomic mass is 10.2. The molecule has 8 nitrogen and oxygen atoms in total. The fourth-order valence-corrected chi connectivity index (χ4v) is 5.15. The van der Waals surface area contributed by atoms with Crippen molar-refractivity contribution in [2.75, 3.05) is 20.2 Å². The van der Waals surface area contributed by atoms with Crippen LogP contribution in [0.3, 0.4) is 0 Å². The lowest BCUT2D eigenvalue weighted by Crippen LogP contribution is -2.50. The standard InChI is InChI=1S/C17H37N3O5Si/c1-8-26(9-2,10-3)24-12-11-14(13-18-20(7)16(22)23)19-15(21)25-17(4,5)6/h14,18H,8-13H2,1-7H3,(H,19,21)(H,22,23)/t14-/m1/s1. The highest BCUT2D eigenvalue weighted by molar-refractivity contribution is 6.73. The average molecular weight is 392 g/mol. The van der Waals surface area contributed by atoms with Crippen LogP contribution < -0.4 is 10.7 Å². The Morgan fingerprint density at radius 2 is 1.69 bits per heavy atom. The number of hydrogen-bond donors (Lipinski definition) is 3. The quantitative estimate of drug-likeness (QED) is 0.369. The summed E-state index contributed by atoms with van der Waals surface area (Å²) in [6.07, 6.45) is -1.03. The minimum Gasteiger partial charge on any atom is -0.464 e. The van der Waals surface area contributed by atoms with E-state index in [1.807, 2.05) is 0 Å². The average Bonchev–Trinajstić information content (AvgIpc) is 2.54. The molecule has 0 saturated heterocycles. The third kappa shape index (κ3) is 9.98. The molecule has 26 heavy (non-hydrogen) atoms. The maximum Gasteiger partial charge on any atom is 0.421 e. The Hall–Kier alpha value is -1.32. The number of carbonyl (C=O) groups is 2. The Morgan fingerprint density at radius 3 is 2.12 bits per heavy atom. The molecule has 2 amide bonds. The monoisotopic (exact) mass is 391 g/mol. The van der Waals surface area contributed by atoms with Crippen LogP contribution in [-0.4, -0.2) is 62.5 Å². The summed E-state index contributed by atoms with van der Waals surface area (Å²) >= 11 is 0. The van der Waals surface area contributed by atoms with Crippen molar-refractivity contribution in [1.82, 2.24) is 15.8 Å². The van der Waals surface area contributed by atoms with E-state index < -0.39 is 26.1 Å². The second-order valence-electron chi connectivity index (χ2n) is 7.43. The van der Waals surface area contributed by atoms with Crippen molar-refractivity contribution < 1.29 is 23.9 Å². The maximum atomic E-state index is 12.1. The first-order chi connectivity index (χ1) is 12.0. The molecular formula is C17H37N3O5Si. The van der Waals surface area contributed by atoms with Gasteiger partial charge in [-0.05, 0) is 45.3 Å². The molecule has 0 bridgehead atoms. The minimum atomic E-state index is -1.69. The Morgan fingerprint density at radius 1 is 1.15 bits per heavy atom. The SMILES string of the molecule is CC[Si](CC)(CC)OCC[C@H](CNN(C)C(=O)O)NC(=O)OC(C)(C)C. The zero-order valence-corrected chi connectivity index (χ0v) is 18.3. The summed E-state index contributed by atoms with van der Waals surface area (Å²) in [4.78, 5) is 23.0. The van der Waals surface area contributed by atoms with Gasteiger partial charge in [-0.1, -0.05) is 20.8 Å². The van der Waals surface area contributed by atoms with E-state index in [0.29, 0.717) is 13.0 Å². The molecule has 9 heteroatoms. The second kappa shape index (κ2) is 11.4. The summed E-state index contributed by atoms with van der Waals surface area (Å²) in [5.41, 5.74) is 2.17. The van der Waals surface area contributed by atoms with Gasteiger partial charge in [-0.15, -0.1) is 0 Å². The molecule has 1 atom stereocenters. The number of hydrazine groups is 1. The van der Waals surface area contributed by atoms with Crippen molar-refractivity contribution in [3.05, 3.63) is 0 Å². The van der Waals surface area contributed by atoms with E-state index in [9.17, 15) is 9.59 Å². The number of carboxylic acid groups (broad SMARTS) is 1. The number of ether oxygens (including phenoxy) is 1. The zero-order chi connectivity index (χ0) is 20.4. The molecule has 0 unspecified atom stereocenters. The van der Waals surface area contributed by atoms with Crippen LogP contribution in [0.4, 0.5) is 9.59 Å². The highest BCUT2D eigenvalue weighted by atomic mass is 28.4. The summed E-state index contributed by atoms with van der Waals surface area (Å²) < 4.78 is 11.5. The van der Waals surface area contributed by atoms with Crippen LogP contribution in [0.1, 0.15) is 48.0 Å². The van der Waals surface area contributed by atoms with E-state index in [1.165, 1.54) is 7.05 Å². The number of nitrogens with zero attached hydrogens (tertiary/aromatic N) is 1. The number of hydrogen-bond acceptors (Lipinski definition) is 5. The van der Waals surface area contributed by atoms with Gasteiger partial charge in [-0.3, -0.25) is 0 Å². The highest BCUT2D eigenvalue weighted by Crippen LogP contribution is 2.21. The predicted molar refractivity (Wildman–Crippen MR) is 105 cm³/mol. The summed E-state index contributed by atoms with van der Waals surface area (Å²) in [5.74, 6) is 0. The minimum absolute atomic E-state index is 0.268. The van der Waals surface area contributed by atoms with E-state index in [4.69, 9.17) is 14.3 Å². The van der Waals surface area contributed by atoms with Gasteiger partial charge in [0.05, 0.1) is 0 Å². The van der Waals surface area contributed by atoms with Gasteiger partial charge in [0.15, 0.2) is 8.32 Å². The third-order valence-corrected chi connectivity index (χ3v) is 9.07. The van der Waals surface area contributed by atoms with Crippen LogP contribution in [0, 0.1) is 0 Å². The number of rotatable bonds is 11. The molecule has 154 valence electrons. The van der Waals surface area contributed by atoms with Gasteiger partial charge in [0.25, 0.3) is 0 Å². The molecular weight excluding hydrogens is 354 g/mol. The lowest BCUT2D eigenvalue weighted by molar-refractivity contribution is 0.0491. The van der Waals surface area contributed by atoms with Gasteiger partial charge in [0, 0.05) is 26.2 Å². The third-order valence-electron chi connectivity index (χ3n) is 4.39. The molecule has 0 radical (unpaired) electrons. The molecule has 0 aromatic heterocycles. The second-order valence-corrected chi connectivity index (χ2v) is 12.2. The smallest absolute Gasteiger partial charge is 0.421 e. The Labute approximate surface area is 158 Å². The van der Waals surface area contributed by atoms with Crippen LogP contribution in [0.5, 0.6) is 0 Å². The van der Waals surface area contributed by atoms with E-state index in [2.05, 4.69) is 31.5 Å². The molecule has 0 aliphatic rings. The topological polar surface area (TPSA) is 100 Å². The Bertz CT molecular complexity index is 430. The summed E-state index contributed by atoms with van der Waals surface area (Å²) in [6, 6.07) is 2.88.